The van der Waals surface area contributed by atoms with Gasteiger partial charge in [-0.3, -0.25) is 0 Å². The maximum absolute atomic E-state index is 8.87. The Hall–Kier alpha value is -1.63. The molecule has 0 saturated carbocycles. The van der Waals surface area contributed by atoms with Gasteiger partial charge in [-0.2, -0.15) is 5.26 Å². The van der Waals surface area contributed by atoms with Gasteiger partial charge in [-0.25, -0.2) is 9.97 Å². The zero-order chi connectivity index (χ0) is 11.7. The molecule has 0 spiro atoms. The lowest BCUT2D eigenvalue weighted by molar-refractivity contribution is 0.494. The van der Waals surface area contributed by atoms with Crippen LogP contribution in [0.2, 0.25) is 0 Å². The normalized spacial score (nSPS) is 24.5. The van der Waals surface area contributed by atoms with E-state index in [9.17, 15) is 0 Å². The second-order valence-corrected chi connectivity index (χ2v) is 4.67. The average molecular weight is 216 g/mol. The van der Waals surface area contributed by atoms with Crippen LogP contribution in [0.3, 0.4) is 0 Å². The summed E-state index contributed by atoms with van der Waals surface area (Å²) in [6, 6.07) is 3.79. The van der Waals surface area contributed by atoms with Crippen molar-refractivity contribution in [1.82, 2.24) is 9.97 Å². The molecule has 0 bridgehead atoms. The van der Waals surface area contributed by atoms with Crippen molar-refractivity contribution < 1.29 is 0 Å². The van der Waals surface area contributed by atoms with Crippen molar-refractivity contribution in [2.24, 2.45) is 11.8 Å². The molecule has 1 aromatic rings. The first-order valence-corrected chi connectivity index (χ1v) is 5.61. The third-order valence-corrected chi connectivity index (χ3v) is 3.23. The van der Waals surface area contributed by atoms with E-state index in [1.807, 2.05) is 6.92 Å². The van der Waals surface area contributed by atoms with Crippen LogP contribution in [-0.2, 0) is 0 Å². The van der Waals surface area contributed by atoms with Crippen molar-refractivity contribution in [1.29, 1.82) is 5.26 Å². The van der Waals surface area contributed by atoms with Crippen molar-refractivity contribution in [2.45, 2.75) is 20.8 Å². The maximum Gasteiger partial charge on any atom is 0.226 e. The van der Waals surface area contributed by atoms with Gasteiger partial charge in [-0.15, -0.1) is 0 Å². The monoisotopic (exact) mass is 216 g/mol. The molecule has 1 fully saturated rings. The number of aromatic nitrogens is 2. The largest absolute Gasteiger partial charge is 0.340 e. The molecule has 2 atom stereocenters. The van der Waals surface area contributed by atoms with Gasteiger partial charge in [-0.1, -0.05) is 13.8 Å². The fourth-order valence-corrected chi connectivity index (χ4v) is 2.04. The number of aryl methyl sites for hydroxylation is 1. The second-order valence-electron chi connectivity index (χ2n) is 4.67. The topological polar surface area (TPSA) is 52.8 Å². The summed E-state index contributed by atoms with van der Waals surface area (Å²) in [4.78, 5) is 10.8. The molecule has 0 N–H and O–H groups in total. The molecule has 4 nitrogen and oxygen atoms in total. The highest BCUT2D eigenvalue weighted by Gasteiger charge is 2.27. The summed E-state index contributed by atoms with van der Waals surface area (Å²) in [5, 5.41) is 8.87. The summed E-state index contributed by atoms with van der Waals surface area (Å²) in [7, 11) is 0. The van der Waals surface area contributed by atoms with Crippen LogP contribution >= 0.6 is 0 Å². The molecule has 4 heteroatoms. The minimum atomic E-state index is 0.453. The van der Waals surface area contributed by atoms with E-state index < -0.39 is 0 Å². The predicted octanol–water partition coefficient (Wildman–Crippen LogP) is 1.75. The highest BCUT2D eigenvalue weighted by atomic mass is 15.3. The molecule has 2 rings (SSSR count). The van der Waals surface area contributed by atoms with Gasteiger partial charge in [0.25, 0.3) is 0 Å². The van der Waals surface area contributed by atoms with Gasteiger partial charge in [0.2, 0.25) is 5.95 Å². The SMILES string of the molecule is Cc1cc(C#N)nc(N2CC(C)C(C)C2)n1. The van der Waals surface area contributed by atoms with Crippen LogP contribution in [0.1, 0.15) is 25.2 Å². The minimum Gasteiger partial charge on any atom is -0.340 e. The van der Waals surface area contributed by atoms with Gasteiger partial charge in [0.05, 0.1) is 0 Å². The van der Waals surface area contributed by atoms with Gasteiger partial charge in [0.1, 0.15) is 11.8 Å². The molecular formula is C12H16N4. The van der Waals surface area contributed by atoms with Crippen LogP contribution in [0.4, 0.5) is 5.95 Å². The van der Waals surface area contributed by atoms with Crippen molar-refractivity contribution in [3.05, 3.63) is 17.5 Å². The van der Waals surface area contributed by atoms with Crippen LogP contribution in [0.15, 0.2) is 6.07 Å². The Balaban J connectivity index is 2.28. The summed E-state index contributed by atoms with van der Waals surface area (Å²) in [5.41, 5.74) is 1.31. The Bertz CT molecular complexity index is 425. The number of nitriles is 1. The van der Waals surface area contributed by atoms with Crippen molar-refractivity contribution >= 4 is 5.95 Å². The Morgan fingerprint density at radius 1 is 1.31 bits per heavy atom. The molecule has 84 valence electrons. The lowest BCUT2D eigenvalue weighted by atomic mass is 10.0. The Labute approximate surface area is 95.9 Å². The molecule has 0 aliphatic carbocycles. The molecule has 2 unspecified atom stereocenters. The molecule has 0 radical (unpaired) electrons. The van der Waals surface area contributed by atoms with E-state index in [1.54, 1.807) is 6.07 Å². The average Bonchev–Trinajstić information content (AvgIpc) is 2.58. The fourth-order valence-electron chi connectivity index (χ4n) is 2.04. The summed E-state index contributed by atoms with van der Waals surface area (Å²) < 4.78 is 0. The van der Waals surface area contributed by atoms with Crippen LogP contribution in [0.25, 0.3) is 0 Å². The second kappa shape index (κ2) is 4.09. The molecule has 1 saturated heterocycles. The Kier molecular flexibility index (Phi) is 2.78. The van der Waals surface area contributed by atoms with Crippen LogP contribution in [0, 0.1) is 30.1 Å². The van der Waals surface area contributed by atoms with Crippen molar-refractivity contribution in [3.63, 3.8) is 0 Å². The molecule has 16 heavy (non-hydrogen) atoms. The summed E-state index contributed by atoms with van der Waals surface area (Å²) >= 11 is 0. The van der Waals surface area contributed by atoms with E-state index in [0.29, 0.717) is 23.5 Å². The molecule has 0 amide bonds. The highest BCUT2D eigenvalue weighted by molar-refractivity contribution is 5.37. The number of hydrogen-bond acceptors (Lipinski definition) is 4. The first-order valence-electron chi connectivity index (χ1n) is 5.61. The lowest BCUT2D eigenvalue weighted by Gasteiger charge is -2.16. The van der Waals surface area contributed by atoms with E-state index in [-0.39, 0.29) is 0 Å². The fraction of sp³-hybridized carbons (Fsp3) is 0.583. The van der Waals surface area contributed by atoms with Gasteiger partial charge in [-0.05, 0) is 24.8 Å². The van der Waals surface area contributed by atoms with Gasteiger partial charge in [0, 0.05) is 18.8 Å². The number of anilines is 1. The number of rotatable bonds is 1. The predicted molar refractivity (Wildman–Crippen MR) is 62.0 cm³/mol. The minimum absolute atomic E-state index is 0.453. The quantitative estimate of drug-likeness (QED) is 0.717. The third kappa shape index (κ3) is 1.99. The Morgan fingerprint density at radius 2 is 1.94 bits per heavy atom. The number of nitrogens with zero attached hydrogens (tertiary/aromatic N) is 4. The molecule has 0 aromatic carbocycles. The van der Waals surface area contributed by atoms with Crippen LogP contribution < -0.4 is 4.90 Å². The Morgan fingerprint density at radius 3 is 2.50 bits per heavy atom. The van der Waals surface area contributed by atoms with E-state index in [1.165, 1.54) is 0 Å². The number of hydrogen-bond donors (Lipinski definition) is 0. The first kappa shape index (κ1) is 10.9. The molecular weight excluding hydrogens is 200 g/mol. The van der Waals surface area contributed by atoms with Crippen molar-refractivity contribution in [2.75, 3.05) is 18.0 Å². The van der Waals surface area contributed by atoms with E-state index in [0.717, 1.165) is 18.8 Å². The van der Waals surface area contributed by atoms with Gasteiger partial charge >= 0.3 is 0 Å². The van der Waals surface area contributed by atoms with Crippen LogP contribution in [-0.4, -0.2) is 23.1 Å². The summed E-state index contributed by atoms with van der Waals surface area (Å²) in [6.45, 7) is 8.34. The van der Waals surface area contributed by atoms with Crippen molar-refractivity contribution in [3.8, 4) is 6.07 Å². The summed E-state index contributed by atoms with van der Waals surface area (Å²) in [5.74, 6) is 2.03. The molecule has 1 aliphatic heterocycles. The van der Waals surface area contributed by atoms with E-state index in [2.05, 4.69) is 34.8 Å². The smallest absolute Gasteiger partial charge is 0.226 e. The first-order chi connectivity index (χ1) is 7.60. The van der Waals surface area contributed by atoms with E-state index >= 15 is 0 Å². The molecule has 1 aliphatic rings. The van der Waals surface area contributed by atoms with Gasteiger partial charge < -0.3 is 4.90 Å². The van der Waals surface area contributed by atoms with Crippen LogP contribution in [0.5, 0.6) is 0 Å². The summed E-state index contributed by atoms with van der Waals surface area (Å²) in [6.07, 6.45) is 0. The molecule has 1 aromatic heterocycles. The van der Waals surface area contributed by atoms with E-state index in [4.69, 9.17) is 5.26 Å². The zero-order valence-corrected chi connectivity index (χ0v) is 9.94. The molecule has 2 heterocycles. The zero-order valence-electron chi connectivity index (χ0n) is 9.94. The standard InChI is InChI=1S/C12H16N4/c1-8-6-16(7-9(8)2)12-14-10(3)4-11(5-13)15-12/h4,8-9H,6-7H2,1-3H3. The lowest BCUT2D eigenvalue weighted by Crippen LogP contribution is -2.22. The van der Waals surface area contributed by atoms with Gasteiger partial charge in [0.15, 0.2) is 0 Å². The third-order valence-electron chi connectivity index (χ3n) is 3.23. The highest BCUT2D eigenvalue weighted by Crippen LogP contribution is 2.25. The maximum atomic E-state index is 8.87.